The first-order valence-electron chi connectivity index (χ1n) is 6.39. The van der Waals surface area contributed by atoms with Crippen LogP contribution in [0.3, 0.4) is 0 Å². The Morgan fingerprint density at radius 1 is 1.44 bits per heavy atom. The highest BCUT2D eigenvalue weighted by molar-refractivity contribution is 5.97. The molecule has 0 aromatic heterocycles. The van der Waals surface area contributed by atoms with Gasteiger partial charge in [-0.15, -0.1) is 0 Å². The number of para-hydroxylation sites is 1. The average molecular weight is 248 g/mol. The zero-order chi connectivity index (χ0) is 13.2. The van der Waals surface area contributed by atoms with Crippen LogP contribution >= 0.6 is 0 Å². The number of aryl methyl sites for hydroxylation is 1. The maximum Gasteiger partial charge on any atom is 0.255 e. The summed E-state index contributed by atoms with van der Waals surface area (Å²) in [5, 5.41) is 12.9. The van der Waals surface area contributed by atoms with Gasteiger partial charge in [0.05, 0.1) is 11.1 Å². The summed E-state index contributed by atoms with van der Waals surface area (Å²) in [5.41, 5.74) is 6.53. The van der Waals surface area contributed by atoms with Gasteiger partial charge in [-0.3, -0.25) is 4.79 Å². The number of carbonyl (C=O) groups is 1. The van der Waals surface area contributed by atoms with Gasteiger partial charge >= 0.3 is 0 Å². The van der Waals surface area contributed by atoms with E-state index in [4.69, 9.17) is 5.73 Å². The molecule has 0 unspecified atom stereocenters. The van der Waals surface area contributed by atoms with E-state index >= 15 is 0 Å². The minimum Gasteiger partial charge on any atom is -0.507 e. The van der Waals surface area contributed by atoms with Crippen molar-refractivity contribution in [1.29, 1.82) is 0 Å². The number of hydrogen-bond acceptors (Lipinski definition) is 3. The van der Waals surface area contributed by atoms with Gasteiger partial charge in [0.15, 0.2) is 0 Å². The predicted molar refractivity (Wildman–Crippen MR) is 70.6 cm³/mol. The molecule has 4 heteroatoms. The third-order valence-electron chi connectivity index (χ3n) is 3.81. The Morgan fingerprint density at radius 2 is 2.11 bits per heavy atom. The fraction of sp³-hybridized carbons (Fsp3) is 0.500. The molecule has 0 saturated heterocycles. The van der Waals surface area contributed by atoms with Crippen LogP contribution in [-0.2, 0) is 0 Å². The Morgan fingerprint density at radius 3 is 2.72 bits per heavy atom. The number of nitrogens with two attached hydrogens (primary N) is 1. The van der Waals surface area contributed by atoms with Crippen molar-refractivity contribution in [3.63, 3.8) is 0 Å². The average Bonchev–Trinajstić information content (AvgIpc) is 2.81. The van der Waals surface area contributed by atoms with Crippen LogP contribution in [0.25, 0.3) is 0 Å². The maximum atomic E-state index is 12.2. The fourth-order valence-electron chi connectivity index (χ4n) is 2.58. The van der Waals surface area contributed by atoms with E-state index in [0.717, 1.165) is 25.7 Å². The Bertz CT molecular complexity index is 451. The molecule has 4 nitrogen and oxygen atoms in total. The standard InChI is InChI=1S/C14H20N2O2/c1-10-5-4-6-11(12(10)17)13(18)16-14(9-15)7-2-3-8-14/h4-6,17H,2-3,7-9,15H2,1H3,(H,16,18). The number of hydrogen-bond donors (Lipinski definition) is 3. The largest absolute Gasteiger partial charge is 0.507 e. The second kappa shape index (κ2) is 4.98. The molecule has 1 amide bonds. The van der Waals surface area contributed by atoms with Crippen molar-refractivity contribution in [3.05, 3.63) is 29.3 Å². The molecule has 18 heavy (non-hydrogen) atoms. The Labute approximate surface area is 107 Å². The molecule has 1 fully saturated rings. The number of phenolic OH excluding ortho intramolecular Hbond substituents is 1. The lowest BCUT2D eigenvalue weighted by molar-refractivity contribution is 0.0900. The van der Waals surface area contributed by atoms with Gasteiger partial charge in [0.25, 0.3) is 5.91 Å². The van der Waals surface area contributed by atoms with Crippen molar-refractivity contribution in [3.8, 4) is 5.75 Å². The Balaban J connectivity index is 2.19. The molecule has 4 N–H and O–H groups in total. The van der Waals surface area contributed by atoms with Crippen molar-refractivity contribution in [1.82, 2.24) is 5.32 Å². The summed E-state index contributed by atoms with van der Waals surface area (Å²) in [6.45, 7) is 2.23. The zero-order valence-corrected chi connectivity index (χ0v) is 10.7. The summed E-state index contributed by atoms with van der Waals surface area (Å²) >= 11 is 0. The molecule has 1 aliphatic carbocycles. The van der Waals surface area contributed by atoms with Gasteiger partial charge in [-0.05, 0) is 31.4 Å². The molecule has 1 aromatic carbocycles. The first-order chi connectivity index (χ1) is 8.58. The molecule has 0 bridgehead atoms. The van der Waals surface area contributed by atoms with Gasteiger partial charge in [-0.1, -0.05) is 25.0 Å². The Kier molecular flexibility index (Phi) is 3.57. The van der Waals surface area contributed by atoms with Crippen LogP contribution < -0.4 is 11.1 Å². The van der Waals surface area contributed by atoms with Gasteiger partial charge in [-0.25, -0.2) is 0 Å². The highest BCUT2D eigenvalue weighted by Crippen LogP contribution is 2.30. The molecule has 1 saturated carbocycles. The number of aromatic hydroxyl groups is 1. The topological polar surface area (TPSA) is 75.4 Å². The van der Waals surface area contributed by atoms with E-state index < -0.39 is 0 Å². The van der Waals surface area contributed by atoms with E-state index in [0.29, 0.717) is 17.7 Å². The van der Waals surface area contributed by atoms with Crippen molar-refractivity contribution in [2.45, 2.75) is 38.1 Å². The fourth-order valence-corrected chi connectivity index (χ4v) is 2.58. The molecule has 98 valence electrons. The maximum absolute atomic E-state index is 12.2. The lowest BCUT2D eigenvalue weighted by Gasteiger charge is -2.28. The van der Waals surface area contributed by atoms with E-state index in [1.807, 2.05) is 0 Å². The van der Waals surface area contributed by atoms with Crippen LogP contribution in [-0.4, -0.2) is 23.1 Å². The Hall–Kier alpha value is -1.55. The van der Waals surface area contributed by atoms with E-state index in [-0.39, 0.29) is 17.2 Å². The van der Waals surface area contributed by atoms with Crippen molar-refractivity contribution >= 4 is 5.91 Å². The second-order valence-corrected chi connectivity index (χ2v) is 5.12. The second-order valence-electron chi connectivity index (χ2n) is 5.12. The van der Waals surface area contributed by atoms with Crippen LogP contribution in [0.15, 0.2) is 18.2 Å². The van der Waals surface area contributed by atoms with Crippen LogP contribution in [0.4, 0.5) is 0 Å². The summed E-state index contributed by atoms with van der Waals surface area (Å²) in [4.78, 5) is 12.2. The van der Waals surface area contributed by atoms with Crippen molar-refractivity contribution in [2.75, 3.05) is 6.54 Å². The molecule has 1 aliphatic rings. The first-order valence-corrected chi connectivity index (χ1v) is 6.39. The van der Waals surface area contributed by atoms with Crippen LogP contribution in [0.5, 0.6) is 5.75 Å². The minimum absolute atomic E-state index is 0.0557. The summed E-state index contributed by atoms with van der Waals surface area (Å²) in [5.74, 6) is -0.177. The van der Waals surface area contributed by atoms with Crippen molar-refractivity contribution in [2.24, 2.45) is 5.73 Å². The summed E-state index contributed by atoms with van der Waals surface area (Å²) in [6.07, 6.45) is 4.03. The van der Waals surface area contributed by atoms with Crippen LogP contribution in [0, 0.1) is 6.92 Å². The van der Waals surface area contributed by atoms with Crippen molar-refractivity contribution < 1.29 is 9.90 Å². The van der Waals surface area contributed by atoms with Gasteiger partial charge in [-0.2, -0.15) is 0 Å². The number of benzene rings is 1. The minimum atomic E-state index is -0.284. The monoisotopic (exact) mass is 248 g/mol. The highest BCUT2D eigenvalue weighted by atomic mass is 16.3. The van der Waals surface area contributed by atoms with Crippen LogP contribution in [0.2, 0.25) is 0 Å². The highest BCUT2D eigenvalue weighted by Gasteiger charge is 2.34. The molecular formula is C14H20N2O2. The summed E-state index contributed by atoms with van der Waals surface area (Å²) in [7, 11) is 0. The smallest absolute Gasteiger partial charge is 0.255 e. The number of phenols is 1. The van der Waals surface area contributed by atoms with E-state index in [1.165, 1.54) is 0 Å². The lowest BCUT2D eigenvalue weighted by Crippen LogP contribution is -2.51. The number of amides is 1. The molecule has 1 aromatic rings. The molecule has 2 rings (SSSR count). The predicted octanol–water partition coefficient (Wildman–Crippen LogP) is 1.70. The number of carbonyl (C=O) groups excluding carboxylic acids is 1. The van der Waals surface area contributed by atoms with Gasteiger partial charge in [0.2, 0.25) is 0 Å². The molecule has 0 spiro atoms. The summed E-state index contributed by atoms with van der Waals surface area (Å²) in [6, 6.07) is 5.19. The molecule has 0 radical (unpaired) electrons. The van der Waals surface area contributed by atoms with Gasteiger partial charge in [0, 0.05) is 6.54 Å². The molecular weight excluding hydrogens is 228 g/mol. The molecule has 0 aliphatic heterocycles. The van der Waals surface area contributed by atoms with E-state index in [9.17, 15) is 9.90 Å². The lowest BCUT2D eigenvalue weighted by atomic mass is 9.97. The summed E-state index contributed by atoms with van der Waals surface area (Å²) < 4.78 is 0. The zero-order valence-electron chi connectivity index (χ0n) is 10.7. The third-order valence-corrected chi connectivity index (χ3v) is 3.81. The van der Waals surface area contributed by atoms with Crippen LogP contribution in [0.1, 0.15) is 41.6 Å². The van der Waals surface area contributed by atoms with Gasteiger partial charge < -0.3 is 16.2 Å². The molecule has 0 atom stereocenters. The number of nitrogens with one attached hydrogen (secondary N) is 1. The first kappa shape index (κ1) is 12.9. The third kappa shape index (κ3) is 2.34. The SMILES string of the molecule is Cc1cccc(C(=O)NC2(CN)CCCC2)c1O. The van der Waals surface area contributed by atoms with E-state index in [1.54, 1.807) is 25.1 Å². The molecule has 0 heterocycles. The normalized spacial score (nSPS) is 17.7. The van der Waals surface area contributed by atoms with E-state index in [2.05, 4.69) is 5.32 Å². The quantitative estimate of drug-likeness (QED) is 0.762. The van der Waals surface area contributed by atoms with Gasteiger partial charge in [0.1, 0.15) is 5.75 Å². The number of rotatable bonds is 3.